The lowest BCUT2D eigenvalue weighted by molar-refractivity contribution is -0.136. The van der Waals surface area contributed by atoms with E-state index in [2.05, 4.69) is 4.90 Å². The summed E-state index contributed by atoms with van der Waals surface area (Å²) in [4.78, 5) is 13.7. The van der Waals surface area contributed by atoms with E-state index < -0.39 is 0 Å². The van der Waals surface area contributed by atoms with Gasteiger partial charge in [0.2, 0.25) is 0 Å². The minimum absolute atomic E-state index is 0. The third-order valence-corrected chi connectivity index (χ3v) is 3.81. The van der Waals surface area contributed by atoms with Crippen LogP contribution in [-0.2, 0) is 16.1 Å². The molecule has 1 aliphatic heterocycles. The number of esters is 1. The number of carbonyl (C=O) groups excluding carboxylic acids is 1. The Morgan fingerprint density at radius 3 is 2.75 bits per heavy atom. The molecule has 0 N–H and O–H groups in total. The van der Waals surface area contributed by atoms with Crippen molar-refractivity contribution in [3.63, 3.8) is 0 Å². The Morgan fingerprint density at radius 1 is 1.35 bits per heavy atom. The molecule has 1 aromatic carbocycles. The van der Waals surface area contributed by atoms with Gasteiger partial charge in [0.05, 0.1) is 17.2 Å². The van der Waals surface area contributed by atoms with Crippen LogP contribution < -0.4 is 0 Å². The van der Waals surface area contributed by atoms with Crippen LogP contribution in [0.1, 0.15) is 12.0 Å². The fourth-order valence-electron chi connectivity index (χ4n) is 2.12. The summed E-state index contributed by atoms with van der Waals surface area (Å²) >= 11 is 11.9. The van der Waals surface area contributed by atoms with Gasteiger partial charge in [0, 0.05) is 25.2 Å². The third kappa shape index (κ3) is 4.38. The Hall–Kier alpha value is -0.740. The first-order valence-electron chi connectivity index (χ1n) is 6.04. The maximum Gasteiger partial charge on any atom is 0.334 e. The number of nitrogens with zero attached hydrogens (tertiary/aromatic N) is 1. The summed E-state index contributed by atoms with van der Waals surface area (Å²) in [6.45, 7) is 2.26. The standard InChI is InChI=1S/C14H15Cl2NO2.ClH/c1-19-14(18)11-3-2-6-17(9-11)8-10-4-5-12(15)13(16)7-10;/h3-5,7H,2,6,8-9H2,1H3;1H. The summed E-state index contributed by atoms with van der Waals surface area (Å²) in [5.41, 5.74) is 1.80. The molecule has 0 saturated heterocycles. The Labute approximate surface area is 134 Å². The van der Waals surface area contributed by atoms with E-state index in [1.54, 1.807) is 6.07 Å². The zero-order valence-electron chi connectivity index (χ0n) is 11.1. The fraction of sp³-hybridized carbons (Fsp3) is 0.357. The Kier molecular flexibility index (Phi) is 6.83. The molecule has 20 heavy (non-hydrogen) atoms. The number of methoxy groups -OCH3 is 1. The molecule has 1 heterocycles. The average molecular weight is 337 g/mol. The van der Waals surface area contributed by atoms with Gasteiger partial charge in [-0.1, -0.05) is 35.3 Å². The second kappa shape index (κ2) is 7.89. The summed E-state index contributed by atoms with van der Waals surface area (Å²) in [7, 11) is 1.40. The zero-order valence-corrected chi connectivity index (χ0v) is 13.4. The molecule has 0 aromatic heterocycles. The number of halogens is 3. The van der Waals surface area contributed by atoms with Gasteiger partial charge in [0.15, 0.2) is 0 Å². The van der Waals surface area contributed by atoms with Gasteiger partial charge < -0.3 is 4.74 Å². The highest BCUT2D eigenvalue weighted by molar-refractivity contribution is 6.42. The summed E-state index contributed by atoms with van der Waals surface area (Å²) in [5, 5.41) is 1.11. The first-order chi connectivity index (χ1) is 9.10. The predicted octanol–water partition coefficient (Wildman–Crippen LogP) is 3.72. The molecule has 0 amide bonds. The van der Waals surface area contributed by atoms with Gasteiger partial charge in [0.25, 0.3) is 0 Å². The van der Waals surface area contributed by atoms with Crippen molar-refractivity contribution in [3.05, 3.63) is 45.5 Å². The van der Waals surface area contributed by atoms with Gasteiger partial charge in [0.1, 0.15) is 0 Å². The van der Waals surface area contributed by atoms with Crippen LogP contribution >= 0.6 is 35.6 Å². The molecule has 0 aliphatic carbocycles. The quantitative estimate of drug-likeness (QED) is 0.788. The lowest BCUT2D eigenvalue weighted by Crippen LogP contribution is -2.32. The molecule has 0 fully saturated rings. The smallest absolute Gasteiger partial charge is 0.334 e. The number of carbonyl (C=O) groups is 1. The van der Waals surface area contributed by atoms with E-state index >= 15 is 0 Å². The summed E-state index contributed by atoms with van der Waals surface area (Å²) in [6.07, 6.45) is 2.79. The largest absolute Gasteiger partial charge is 0.466 e. The van der Waals surface area contributed by atoms with Crippen molar-refractivity contribution in [3.8, 4) is 0 Å². The highest BCUT2D eigenvalue weighted by Crippen LogP contribution is 2.24. The molecule has 0 radical (unpaired) electrons. The van der Waals surface area contributed by atoms with Gasteiger partial charge in [-0.05, 0) is 24.1 Å². The third-order valence-electron chi connectivity index (χ3n) is 3.07. The zero-order chi connectivity index (χ0) is 13.8. The van der Waals surface area contributed by atoms with E-state index in [-0.39, 0.29) is 18.4 Å². The first-order valence-corrected chi connectivity index (χ1v) is 6.79. The number of rotatable bonds is 3. The highest BCUT2D eigenvalue weighted by atomic mass is 35.5. The van der Waals surface area contributed by atoms with Gasteiger partial charge in [-0.15, -0.1) is 12.4 Å². The van der Waals surface area contributed by atoms with Crippen molar-refractivity contribution < 1.29 is 9.53 Å². The van der Waals surface area contributed by atoms with E-state index in [1.165, 1.54) is 7.11 Å². The summed E-state index contributed by atoms with van der Waals surface area (Å²) in [5.74, 6) is -0.251. The van der Waals surface area contributed by atoms with Crippen molar-refractivity contribution in [2.45, 2.75) is 13.0 Å². The van der Waals surface area contributed by atoms with E-state index in [1.807, 2.05) is 18.2 Å². The van der Waals surface area contributed by atoms with Gasteiger partial charge in [-0.2, -0.15) is 0 Å². The van der Waals surface area contributed by atoms with Crippen LogP contribution in [0.15, 0.2) is 29.8 Å². The molecule has 0 spiro atoms. The SMILES string of the molecule is COC(=O)C1=CCCN(Cc2ccc(Cl)c(Cl)c2)C1.Cl. The van der Waals surface area contributed by atoms with E-state index in [9.17, 15) is 4.79 Å². The molecule has 6 heteroatoms. The minimum atomic E-state index is -0.251. The molecule has 0 unspecified atom stereocenters. The molecule has 0 bridgehead atoms. The Morgan fingerprint density at radius 2 is 2.10 bits per heavy atom. The number of benzene rings is 1. The second-order valence-electron chi connectivity index (χ2n) is 4.47. The van der Waals surface area contributed by atoms with Gasteiger partial charge >= 0.3 is 5.97 Å². The average Bonchev–Trinajstić information content (AvgIpc) is 2.42. The molecule has 1 aliphatic rings. The van der Waals surface area contributed by atoms with Crippen molar-refractivity contribution in [2.24, 2.45) is 0 Å². The van der Waals surface area contributed by atoms with Crippen LogP contribution in [0.3, 0.4) is 0 Å². The Bertz CT molecular complexity index is 517. The molecule has 1 aromatic rings. The van der Waals surface area contributed by atoms with Crippen LogP contribution in [0.2, 0.25) is 10.0 Å². The minimum Gasteiger partial charge on any atom is -0.466 e. The molecule has 3 nitrogen and oxygen atoms in total. The number of hydrogen-bond acceptors (Lipinski definition) is 3. The predicted molar refractivity (Wildman–Crippen MR) is 83.7 cm³/mol. The van der Waals surface area contributed by atoms with Crippen molar-refractivity contribution >= 4 is 41.6 Å². The first kappa shape index (κ1) is 17.3. The lowest BCUT2D eigenvalue weighted by atomic mass is 10.1. The van der Waals surface area contributed by atoms with Gasteiger partial charge in [-0.3, -0.25) is 4.90 Å². The maximum atomic E-state index is 11.5. The fourth-order valence-corrected chi connectivity index (χ4v) is 2.44. The maximum absolute atomic E-state index is 11.5. The van der Waals surface area contributed by atoms with E-state index in [0.717, 1.165) is 25.1 Å². The van der Waals surface area contributed by atoms with E-state index in [4.69, 9.17) is 27.9 Å². The molecular weight excluding hydrogens is 321 g/mol. The van der Waals surface area contributed by atoms with Crippen LogP contribution in [-0.4, -0.2) is 31.1 Å². The molecule has 0 atom stereocenters. The summed E-state index contributed by atoms with van der Waals surface area (Å²) in [6, 6.07) is 5.60. The van der Waals surface area contributed by atoms with Crippen LogP contribution in [0, 0.1) is 0 Å². The normalized spacial score (nSPS) is 15.2. The van der Waals surface area contributed by atoms with Crippen LogP contribution in [0.5, 0.6) is 0 Å². The number of hydrogen-bond donors (Lipinski definition) is 0. The van der Waals surface area contributed by atoms with Crippen LogP contribution in [0.4, 0.5) is 0 Å². The summed E-state index contributed by atoms with van der Waals surface area (Å²) < 4.78 is 4.75. The van der Waals surface area contributed by atoms with Crippen molar-refractivity contribution in [1.82, 2.24) is 4.90 Å². The van der Waals surface area contributed by atoms with Crippen molar-refractivity contribution in [1.29, 1.82) is 0 Å². The number of ether oxygens (including phenoxy) is 1. The molecular formula is C14H16Cl3NO2. The molecule has 2 rings (SSSR count). The molecule has 110 valence electrons. The molecule has 0 saturated carbocycles. The van der Waals surface area contributed by atoms with Crippen LogP contribution in [0.25, 0.3) is 0 Å². The van der Waals surface area contributed by atoms with Gasteiger partial charge in [-0.25, -0.2) is 4.79 Å². The lowest BCUT2D eigenvalue weighted by Gasteiger charge is -2.26. The van der Waals surface area contributed by atoms with E-state index in [0.29, 0.717) is 22.2 Å². The van der Waals surface area contributed by atoms with Crippen molar-refractivity contribution in [2.75, 3.05) is 20.2 Å². The second-order valence-corrected chi connectivity index (χ2v) is 5.28. The monoisotopic (exact) mass is 335 g/mol. The topological polar surface area (TPSA) is 29.5 Å². The Balaban J connectivity index is 0.00000200. The highest BCUT2D eigenvalue weighted by Gasteiger charge is 2.18.